The first-order valence-corrected chi connectivity index (χ1v) is 8.24. The molecule has 0 aliphatic rings. The normalized spacial score (nSPS) is 11.3. The molecular formula is C13H12Cl2N2O2S. The zero-order valence-electron chi connectivity index (χ0n) is 10.5. The smallest absolute Gasteiger partial charge is 0.177 e. The maximum atomic E-state index is 11.6. The predicted molar refractivity (Wildman–Crippen MR) is 83.7 cm³/mol. The molecule has 0 spiro atoms. The van der Waals surface area contributed by atoms with Gasteiger partial charge in [0.1, 0.15) is 0 Å². The summed E-state index contributed by atoms with van der Waals surface area (Å²) in [6, 6.07) is 9.66. The third-order valence-corrected chi connectivity index (χ3v) is 4.38. The summed E-state index contributed by atoms with van der Waals surface area (Å²) in [6.07, 6.45) is 1.11. The van der Waals surface area contributed by atoms with Crippen molar-refractivity contribution in [3.05, 3.63) is 46.4 Å². The number of hydrogen-bond acceptors (Lipinski definition) is 4. The SMILES string of the molecule is CS(=O)(=O)c1cccc(Nc2cc(Cl)ccc2Cl)c1N. The minimum Gasteiger partial charge on any atom is -0.396 e. The average molecular weight is 331 g/mol. The molecule has 0 aromatic heterocycles. The fourth-order valence-electron chi connectivity index (χ4n) is 1.71. The van der Waals surface area contributed by atoms with E-state index in [-0.39, 0.29) is 10.6 Å². The summed E-state index contributed by atoms with van der Waals surface area (Å²) < 4.78 is 23.2. The van der Waals surface area contributed by atoms with E-state index in [9.17, 15) is 8.42 Å². The Kier molecular flexibility index (Phi) is 4.13. The summed E-state index contributed by atoms with van der Waals surface area (Å²) in [5.74, 6) is 0. The van der Waals surface area contributed by atoms with Crippen LogP contribution in [0.15, 0.2) is 41.3 Å². The van der Waals surface area contributed by atoms with Crippen LogP contribution in [-0.4, -0.2) is 14.7 Å². The highest BCUT2D eigenvalue weighted by Gasteiger charge is 2.14. The highest BCUT2D eigenvalue weighted by molar-refractivity contribution is 7.90. The Labute approximate surface area is 127 Å². The van der Waals surface area contributed by atoms with Crippen molar-refractivity contribution >= 4 is 50.1 Å². The zero-order chi connectivity index (χ0) is 14.9. The van der Waals surface area contributed by atoms with E-state index < -0.39 is 9.84 Å². The van der Waals surface area contributed by atoms with Gasteiger partial charge in [0.25, 0.3) is 0 Å². The Bertz CT molecular complexity index is 761. The molecule has 0 fully saturated rings. The number of nitrogens with two attached hydrogens (primary N) is 1. The van der Waals surface area contributed by atoms with Gasteiger partial charge in [0.05, 0.1) is 27.0 Å². The van der Waals surface area contributed by atoms with Gasteiger partial charge in [0.2, 0.25) is 0 Å². The van der Waals surface area contributed by atoms with Crippen molar-refractivity contribution in [3.8, 4) is 0 Å². The van der Waals surface area contributed by atoms with Gasteiger partial charge in [-0.15, -0.1) is 0 Å². The molecule has 0 aliphatic heterocycles. The Hall–Kier alpha value is -1.43. The number of halogens is 2. The summed E-state index contributed by atoms with van der Waals surface area (Å²) >= 11 is 11.9. The summed E-state index contributed by atoms with van der Waals surface area (Å²) in [5, 5.41) is 3.95. The predicted octanol–water partition coefficient (Wildman–Crippen LogP) is 3.72. The van der Waals surface area contributed by atoms with E-state index in [1.54, 1.807) is 30.3 Å². The largest absolute Gasteiger partial charge is 0.396 e. The molecule has 0 atom stereocenters. The van der Waals surface area contributed by atoms with Crippen molar-refractivity contribution in [2.75, 3.05) is 17.3 Å². The van der Waals surface area contributed by atoms with E-state index >= 15 is 0 Å². The van der Waals surface area contributed by atoms with Crippen LogP contribution in [0, 0.1) is 0 Å². The van der Waals surface area contributed by atoms with Crippen molar-refractivity contribution in [2.24, 2.45) is 0 Å². The lowest BCUT2D eigenvalue weighted by atomic mass is 10.2. The molecule has 2 aromatic carbocycles. The lowest BCUT2D eigenvalue weighted by molar-refractivity contribution is 0.602. The minimum atomic E-state index is -3.39. The molecular weight excluding hydrogens is 319 g/mol. The van der Waals surface area contributed by atoms with Crippen LogP contribution in [0.4, 0.5) is 17.1 Å². The van der Waals surface area contributed by atoms with Gasteiger partial charge >= 0.3 is 0 Å². The second-order valence-electron chi connectivity index (χ2n) is 4.24. The third-order valence-electron chi connectivity index (χ3n) is 2.66. The second kappa shape index (κ2) is 5.52. The first kappa shape index (κ1) is 15.0. The third kappa shape index (κ3) is 3.17. The number of para-hydroxylation sites is 1. The number of hydrogen-bond donors (Lipinski definition) is 2. The van der Waals surface area contributed by atoms with Gasteiger partial charge in [-0.2, -0.15) is 0 Å². The van der Waals surface area contributed by atoms with Crippen molar-refractivity contribution in [1.29, 1.82) is 0 Å². The van der Waals surface area contributed by atoms with E-state index in [0.29, 0.717) is 21.4 Å². The number of nitrogen functional groups attached to an aromatic ring is 1. The summed E-state index contributed by atoms with van der Waals surface area (Å²) in [6.45, 7) is 0. The van der Waals surface area contributed by atoms with Crippen LogP contribution < -0.4 is 11.1 Å². The molecule has 0 bridgehead atoms. The molecule has 3 N–H and O–H groups in total. The molecule has 0 saturated carbocycles. The summed E-state index contributed by atoms with van der Waals surface area (Å²) in [7, 11) is -3.39. The molecule has 7 heteroatoms. The molecule has 0 saturated heterocycles. The molecule has 0 unspecified atom stereocenters. The van der Waals surface area contributed by atoms with E-state index in [4.69, 9.17) is 28.9 Å². The molecule has 106 valence electrons. The average Bonchev–Trinajstić information content (AvgIpc) is 2.35. The van der Waals surface area contributed by atoms with Gasteiger partial charge in [0, 0.05) is 11.3 Å². The minimum absolute atomic E-state index is 0.0700. The van der Waals surface area contributed by atoms with Crippen LogP contribution in [0.1, 0.15) is 0 Å². The van der Waals surface area contributed by atoms with E-state index in [1.807, 2.05) is 0 Å². The number of anilines is 3. The highest BCUT2D eigenvalue weighted by atomic mass is 35.5. The Morgan fingerprint density at radius 3 is 2.45 bits per heavy atom. The Morgan fingerprint density at radius 1 is 1.10 bits per heavy atom. The molecule has 4 nitrogen and oxygen atoms in total. The maximum Gasteiger partial charge on any atom is 0.177 e. The van der Waals surface area contributed by atoms with Crippen LogP contribution in [0.3, 0.4) is 0 Å². The number of rotatable bonds is 3. The van der Waals surface area contributed by atoms with Gasteiger partial charge < -0.3 is 11.1 Å². The molecule has 0 radical (unpaired) electrons. The molecule has 2 aromatic rings. The maximum absolute atomic E-state index is 11.6. The first-order chi connectivity index (χ1) is 9.29. The summed E-state index contributed by atoms with van der Waals surface area (Å²) in [5.41, 5.74) is 7.04. The quantitative estimate of drug-likeness (QED) is 0.841. The fraction of sp³-hybridized carbons (Fsp3) is 0.0769. The van der Waals surface area contributed by atoms with Gasteiger partial charge in [-0.05, 0) is 30.3 Å². The Morgan fingerprint density at radius 2 is 1.80 bits per heavy atom. The van der Waals surface area contributed by atoms with Gasteiger partial charge in [-0.1, -0.05) is 29.3 Å². The molecule has 0 amide bonds. The van der Waals surface area contributed by atoms with Gasteiger partial charge in [-0.25, -0.2) is 8.42 Å². The lowest BCUT2D eigenvalue weighted by Gasteiger charge is -2.13. The van der Waals surface area contributed by atoms with Crippen molar-refractivity contribution in [2.45, 2.75) is 4.90 Å². The van der Waals surface area contributed by atoms with Crippen LogP contribution in [0.5, 0.6) is 0 Å². The van der Waals surface area contributed by atoms with Crippen molar-refractivity contribution in [3.63, 3.8) is 0 Å². The van der Waals surface area contributed by atoms with Gasteiger partial charge in [0.15, 0.2) is 9.84 Å². The van der Waals surface area contributed by atoms with Gasteiger partial charge in [-0.3, -0.25) is 0 Å². The van der Waals surface area contributed by atoms with Crippen LogP contribution in [0.2, 0.25) is 10.0 Å². The van der Waals surface area contributed by atoms with Crippen molar-refractivity contribution in [1.82, 2.24) is 0 Å². The molecule has 0 aliphatic carbocycles. The first-order valence-electron chi connectivity index (χ1n) is 5.59. The monoisotopic (exact) mass is 330 g/mol. The lowest BCUT2D eigenvalue weighted by Crippen LogP contribution is -2.05. The van der Waals surface area contributed by atoms with E-state index in [0.717, 1.165) is 6.26 Å². The zero-order valence-corrected chi connectivity index (χ0v) is 12.9. The number of nitrogens with one attached hydrogen (secondary N) is 1. The molecule has 0 heterocycles. The van der Waals surface area contributed by atoms with Crippen LogP contribution >= 0.6 is 23.2 Å². The molecule has 20 heavy (non-hydrogen) atoms. The highest BCUT2D eigenvalue weighted by Crippen LogP contribution is 2.33. The summed E-state index contributed by atoms with van der Waals surface area (Å²) in [4.78, 5) is 0.0700. The second-order valence-corrected chi connectivity index (χ2v) is 7.07. The standard InChI is InChI=1S/C13H12Cl2N2O2S/c1-20(18,19)12-4-2-3-10(13(12)16)17-11-7-8(14)5-6-9(11)15/h2-7,17H,16H2,1H3. The topological polar surface area (TPSA) is 72.2 Å². The number of benzene rings is 2. The number of sulfone groups is 1. The molecule has 2 rings (SSSR count). The van der Waals surface area contributed by atoms with E-state index in [1.165, 1.54) is 6.07 Å². The van der Waals surface area contributed by atoms with Crippen LogP contribution in [0.25, 0.3) is 0 Å². The van der Waals surface area contributed by atoms with E-state index in [2.05, 4.69) is 5.32 Å². The Balaban J connectivity index is 2.47. The fourth-order valence-corrected chi connectivity index (χ4v) is 2.89. The van der Waals surface area contributed by atoms with Crippen molar-refractivity contribution < 1.29 is 8.42 Å². The van der Waals surface area contributed by atoms with Crippen LogP contribution in [-0.2, 0) is 9.84 Å².